The number of unbranched alkanes of at least 4 members (excludes halogenated alkanes) is 3. The van der Waals surface area contributed by atoms with Crippen LogP contribution in [0.4, 0.5) is 0 Å². The molecule has 0 heterocycles. The van der Waals surface area contributed by atoms with Gasteiger partial charge in [0.05, 0.1) is 19.4 Å². The molecule has 0 aliphatic carbocycles. The Balaban J connectivity index is 3.91. The minimum atomic E-state index is -2.66. The van der Waals surface area contributed by atoms with Crippen LogP contribution in [0, 0.1) is 0 Å². The number of rotatable bonds is 14. The highest BCUT2D eigenvalue weighted by atomic mass is 16.5. The van der Waals surface area contributed by atoms with Gasteiger partial charge in [-0.2, -0.15) is 0 Å². The fourth-order valence-electron chi connectivity index (χ4n) is 2.12. The predicted molar refractivity (Wildman–Crippen MR) is 83.4 cm³/mol. The van der Waals surface area contributed by atoms with Crippen LogP contribution >= 0.6 is 0 Å². The molecule has 0 bridgehead atoms. The molecular formula is C16H26O8. The van der Waals surface area contributed by atoms with Gasteiger partial charge in [0.25, 0.3) is 0 Å². The monoisotopic (exact) mass is 346 g/mol. The average Bonchev–Trinajstić information content (AvgIpc) is 2.45. The van der Waals surface area contributed by atoms with E-state index in [1.54, 1.807) is 0 Å². The Morgan fingerprint density at radius 1 is 0.917 bits per heavy atom. The third-order valence-electron chi connectivity index (χ3n) is 3.42. The quantitative estimate of drug-likeness (QED) is 0.318. The lowest BCUT2D eigenvalue weighted by molar-refractivity contribution is -0.172. The highest BCUT2D eigenvalue weighted by Gasteiger charge is 2.41. The lowest BCUT2D eigenvalue weighted by atomic mass is 9.96. The summed E-state index contributed by atoms with van der Waals surface area (Å²) < 4.78 is 4.81. The van der Waals surface area contributed by atoms with Crippen molar-refractivity contribution in [2.24, 2.45) is 0 Å². The maximum atomic E-state index is 11.5. The Bertz CT molecular complexity index is 445. The van der Waals surface area contributed by atoms with Crippen molar-refractivity contribution in [3.05, 3.63) is 0 Å². The van der Waals surface area contributed by atoms with Crippen molar-refractivity contribution >= 4 is 23.7 Å². The molecule has 0 spiro atoms. The molecule has 0 fully saturated rings. The molecule has 8 nitrogen and oxygen atoms in total. The van der Waals surface area contributed by atoms with Crippen LogP contribution in [-0.4, -0.2) is 51.2 Å². The van der Waals surface area contributed by atoms with Gasteiger partial charge in [-0.3, -0.25) is 14.4 Å². The van der Waals surface area contributed by atoms with Crippen LogP contribution in [0.3, 0.4) is 0 Å². The zero-order valence-corrected chi connectivity index (χ0v) is 14.0. The molecular weight excluding hydrogens is 320 g/mol. The first-order valence-corrected chi connectivity index (χ1v) is 8.06. The Morgan fingerprint density at radius 3 is 2.08 bits per heavy atom. The molecule has 138 valence electrons. The zero-order valence-electron chi connectivity index (χ0n) is 14.0. The maximum Gasteiger partial charge on any atom is 0.336 e. The molecule has 1 unspecified atom stereocenters. The number of carbonyl (C=O) groups is 4. The van der Waals surface area contributed by atoms with Crippen LogP contribution in [0.2, 0.25) is 0 Å². The van der Waals surface area contributed by atoms with Crippen molar-refractivity contribution in [2.45, 2.75) is 70.3 Å². The van der Waals surface area contributed by atoms with Gasteiger partial charge in [-0.15, -0.1) is 0 Å². The Morgan fingerprint density at radius 2 is 1.54 bits per heavy atom. The Hall–Kier alpha value is -1.96. The first kappa shape index (κ1) is 22.0. The van der Waals surface area contributed by atoms with Gasteiger partial charge in [0.2, 0.25) is 0 Å². The molecule has 0 aliphatic heterocycles. The number of aliphatic hydroxyl groups is 1. The third-order valence-corrected chi connectivity index (χ3v) is 3.42. The van der Waals surface area contributed by atoms with Crippen LogP contribution < -0.4 is 0 Å². The van der Waals surface area contributed by atoms with Crippen LogP contribution in [-0.2, 0) is 23.9 Å². The summed E-state index contributed by atoms with van der Waals surface area (Å²) in [5.41, 5.74) is -2.66. The molecule has 8 heteroatoms. The number of hydrogen-bond acceptors (Lipinski definition) is 6. The van der Waals surface area contributed by atoms with Gasteiger partial charge >= 0.3 is 17.9 Å². The fourth-order valence-corrected chi connectivity index (χ4v) is 2.12. The number of carboxylic acids is 2. The van der Waals surface area contributed by atoms with Crippen LogP contribution in [0.1, 0.15) is 64.7 Å². The second-order valence-corrected chi connectivity index (χ2v) is 5.76. The number of carboxylic acid groups (broad SMARTS) is 2. The number of ketones is 1. The lowest BCUT2D eigenvalue weighted by Crippen LogP contribution is -2.43. The minimum Gasteiger partial charge on any atom is -0.481 e. The highest BCUT2D eigenvalue weighted by Crippen LogP contribution is 2.17. The molecule has 0 aromatic heterocycles. The topological polar surface area (TPSA) is 138 Å². The third kappa shape index (κ3) is 9.94. The average molecular weight is 346 g/mol. The molecule has 0 amide bonds. The van der Waals surface area contributed by atoms with E-state index in [4.69, 9.17) is 14.9 Å². The normalized spacial score (nSPS) is 13.1. The molecule has 0 rings (SSSR count). The van der Waals surface area contributed by atoms with Crippen molar-refractivity contribution in [3.8, 4) is 0 Å². The summed E-state index contributed by atoms with van der Waals surface area (Å²) in [7, 11) is 0. The van der Waals surface area contributed by atoms with E-state index in [1.807, 2.05) is 6.92 Å². The van der Waals surface area contributed by atoms with Crippen molar-refractivity contribution in [1.82, 2.24) is 0 Å². The standard InChI is InChI=1S/C16H26O8/c1-2-7-12(17)8-5-3-4-6-9-24-14(20)11-16(23,15(21)22)10-13(18)19/h23H,2-11H2,1H3,(H,18,19)(H,21,22). The number of carbonyl (C=O) groups excluding carboxylic acids is 2. The molecule has 0 aliphatic rings. The first-order chi connectivity index (χ1) is 11.2. The minimum absolute atomic E-state index is 0.0600. The largest absolute Gasteiger partial charge is 0.481 e. The summed E-state index contributed by atoms with van der Waals surface area (Å²) >= 11 is 0. The number of esters is 1. The van der Waals surface area contributed by atoms with Crippen molar-refractivity contribution in [2.75, 3.05) is 6.61 Å². The zero-order chi connectivity index (χ0) is 18.6. The van der Waals surface area contributed by atoms with Crippen LogP contribution in [0.15, 0.2) is 0 Å². The Kier molecular flexibility index (Phi) is 10.6. The summed E-state index contributed by atoms with van der Waals surface area (Å²) in [6.07, 6.45) is 2.91. The molecule has 1 atom stereocenters. The second-order valence-electron chi connectivity index (χ2n) is 5.76. The van der Waals surface area contributed by atoms with E-state index in [1.165, 1.54) is 0 Å². The van der Waals surface area contributed by atoms with Crippen molar-refractivity contribution in [1.29, 1.82) is 0 Å². The summed E-state index contributed by atoms with van der Waals surface area (Å²) in [6.45, 7) is 2.01. The van der Waals surface area contributed by atoms with E-state index < -0.39 is 36.4 Å². The van der Waals surface area contributed by atoms with Gasteiger partial charge in [-0.1, -0.05) is 19.8 Å². The van der Waals surface area contributed by atoms with E-state index >= 15 is 0 Å². The summed E-state index contributed by atoms with van der Waals surface area (Å²) in [5.74, 6) is -4.02. The summed E-state index contributed by atoms with van der Waals surface area (Å²) in [5, 5.41) is 27.1. The van der Waals surface area contributed by atoms with Gasteiger partial charge in [0.15, 0.2) is 5.60 Å². The first-order valence-electron chi connectivity index (χ1n) is 8.06. The van der Waals surface area contributed by atoms with E-state index in [0.717, 1.165) is 25.7 Å². The van der Waals surface area contributed by atoms with Crippen molar-refractivity contribution < 1.29 is 39.2 Å². The predicted octanol–water partition coefficient (Wildman–Crippen LogP) is 1.53. The highest BCUT2D eigenvalue weighted by molar-refractivity contribution is 5.88. The van der Waals surface area contributed by atoms with E-state index in [9.17, 15) is 24.3 Å². The summed E-state index contributed by atoms with van der Waals surface area (Å²) in [4.78, 5) is 44.3. The maximum absolute atomic E-state index is 11.5. The van der Waals surface area contributed by atoms with Crippen LogP contribution in [0.5, 0.6) is 0 Å². The number of aliphatic carboxylic acids is 2. The fraction of sp³-hybridized carbons (Fsp3) is 0.750. The number of hydrogen-bond donors (Lipinski definition) is 3. The van der Waals surface area contributed by atoms with Gasteiger partial charge in [-0.25, -0.2) is 4.79 Å². The van der Waals surface area contributed by atoms with Gasteiger partial charge in [-0.05, 0) is 19.3 Å². The number of ether oxygens (including phenoxy) is 1. The molecule has 0 aromatic rings. The van der Waals surface area contributed by atoms with Crippen molar-refractivity contribution in [3.63, 3.8) is 0 Å². The smallest absolute Gasteiger partial charge is 0.336 e. The van der Waals surface area contributed by atoms with Gasteiger partial charge in [0, 0.05) is 12.8 Å². The summed E-state index contributed by atoms with van der Waals surface area (Å²) in [6, 6.07) is 0. The van der Waals surface area contributed by atoms with E-state index in [2.05, 4.69) is 0 Å². The van der Waals surface area contributed by atoms with E-state index in [-0.39, 0.29) is 12.4 Å². The van der Waals surface area contributed by atoms with Crippen LogP contribution in [0.25, 0.3) is 0 Å². The molecule has 0 aromatic carbocycles. The van der Waals surface area contributed by atoms with E-state index in [0.29, 0.717) is 19.3 Å². The molecule has 24 heavy (non-hydrogen) atoms. The SMILES string of the molecule is CCCC(=O)CCCCCCOC(=O)CC(O)(CC(=O)O)C(=O)O. The lowest BCUT2D eigenvalue weighted by Gasteiger charge is -2.20. The second kappa shape index (κ2) is 11.6. The molecule has 0 saturated carbocycles. The Labute approximate surface area is 140 Å². The number of Topliss-reactive ketones (excluding diaryl/α,β-unsaturated/α-hetero) is 1. The molecule has 3 N–H and O–H groups in total. The van der Waals surface area contributed by atoms with Gasteiger partial charge < -0.3 is 20.1 Å². The van der Waals surface area contributed by atoms with Gasteiger partial charge in [0.1, 0.15) is 5.78 Å². The molecule has 0 saturated heterocycles. The molecule has 0 radical (unpaired) electrons.